The minimum atomic E-state index is -0.698. The first-order valence-corrected chi connectivity index (χ1v) is 18.4. The van der Waals surface area contributed by atoms with Crippen molar-refractivity contribution < 1.29 is 23.5 Å². The van der Waals surface area contributed by atoms with Gasteiger partial charge in [-0.05, 0) is 88.4 Å². The number of para-hydroxylation sites is 2. The maximum absolute atomic E-state index is 15.6. The highest BCUT2D eigenvalue weighted by atomic mass is 19.1. The topological polar surface area (TPSA) is 112 Å². The van der Waals surface area contributed by atoms with E-state index in [2.05, 4.69) is 44.2 Å². The SMILES string of the molecule is CCC(C)NC(=O)CCc1cccc(N(C(=O)Oc2c(C)cccc2C)c2ccncn2)c1Nc1ccc(OCCN2CCN(C(C)C)CC2)c(F)c1. The zero-order valence-electron chi connectivity index (χ0n) is 31.7. The van der Waals surface area contributed by atoms with Gasteiger partial charge >= 0.3 is 6.09 Å². The van der Waals surface area contributed by atoms with Crippen LogP contribution in [0.1, 0.15) is 57.2 Å². The lowest BCUT2D eigenvalue weighted by molar-refractivity contribution is -0.121. The number of anilines is 4. The van der Waals surface area contributed by atoms with Gasteiger partial charge in [0.15, 0.2) is 11.6 Å². The number of nitrogens with one attached hydrogen (secondary N) is 2. The van der Waals surface area contributed by atoms with E-state index in [0.717, 1.165) is 49.3 Å². The standard InChI is InChI=1S/C41H52FN7O4/c1-7-31(6)45-38(50)17-14-32-12-9-13-35(49(37-18-19-43-27-44-37)41(51)53-40-29(4)10-8-11-30(40)5)39(32)46-33-15-16-36(34(42)26-33)52-25-24-47-20-22-48(23-21-47)28(2)3/h8-13,15-16,18-19,26-28,31,46H,7,14,17,20-25H2,1-6H3,(H,45,50). The van der Waals surface area contributed by atoms with Crippen molar-refractivity contribution in [3.63, 3.8) is 0 Å². The zero-order chi connectivity index (χ0) is 37.9. The quantitative estimate of drug-likeness (QED) is 0.128. The highest BCUT2D eigenvalue weighted by Gasteiger charge is 2.27. The van der Waals surface area contributed by atoms with Crippen LogP contribution in [0.25, 0.3) is 0 Å². The number of nitrogens with zero attached hydrogens (tertiary/aromatic N) is 5. The second-order valence-electron chi connectivity index (χ2n) is 13.8. The van der Waals surface area contributed by atoms with Crippen molar-refractivity contribution in [1.82, 2.24) is 25.1 Å². The van der Waals surface area contributed by atoms with Crippen LogP contribution in [0.3, 0.4) is 0 Å². The molecule has 2 N–H and O–H groups in total. The molecule has 4 aromatic rings. The van der Waals surface area contributed by atoms with Crippen LogP contribution in [0.2, 0.25) is 0 Å². The number of benzene rings is 3. The lowest BCUT2D eigenvalue weighted by Gasteiger charge is -2.36. The molecule has 1 saturated heterocycles. The zero-order valence-corrected chi connectivity index (χ0v) is 31.7. The Morgan fingerprint density at radius 2 is 1.72 bits per heavy atom. The van der Waals surface area contributed by atoms with Gasteiger partial charge in [0.1, 0.15) is 24.5 Å². The Hall–Kier alpha value is -5.07. The van der Waals surface area contributed by atoms with Crippen LogP contribution >= 0.6 is 0 Å². The third kappa shape index (κ3) is 10.5. The Morgan fingerprint density at radius 3 is 2.38 bits per heavy atom. The van der Waals surface area contributed by atoms with Gasteiger partial charge in [-0.25, -0.2) is 24.1 Å². The molecule has 2 heterocycles. The predicted molar refractivity (Wildman–Crippen MR) is 207 cm³/mol. The average Bonchev–Trinajstić information content (AvgIpc) is 3.14. The number of carbonyl (C=O) groups is 2. The molecule has 12 heteroatoms. The summed E-state index contributed by atoms with van der Waals surface area (Å²) in [5.41, 5.74) is 3.66. The summed E-state index contributed by atoms with van der Waals surface area (Å²) in [7, 11) is 0. The van der Waals surface area contributed by atoms with Gasteiger partial charge in [0.05, 0.1) is 11.4 Å². The molecule has 0 bridgehead atoms. The monoisotopic (exact) mass is 725 g/mol. The van der Waals surface area contributed by atoms with Gasteiger partial charge in [-0.2, -0.15) is 0 Å². The molecule has 282 valence electrons. The first kappa shape index (κ1) is 39.1. The van der Waals surface area contributed by atoms with Gasteiger partial charge in [-0.3, -0.25) is 14.6 Å². The molecule has 1 atom stereocenters. The van der Waals surface area contributed by atoms with E-state index in [9.17, 15) is 9.59 Å². The molecular formula is C41H52FN7O4. The summed E-state index contributed by atoms with van der Waals surface area (Å²) in [5.74, 6) is 0.262. The number of aromatic nitrogens is 2. The van der Waals surface area contributed by atoms with Gasteiger partial charge in [0.2, 0.25) is 5.91 Å². The molecule has 1 aromatic heterocycles. The molecule has 0 saturated carbocycles. The largest absolute Gasteiger partial charge is 0.489 e. The summed E-state index contributed by atoms with van der Waals surface area (Å²) in [6.07, 6.45) is 3.55. The smallest absolute Gasteiger partial charge is 0.425 e. The number of carbonyl (C=O) groups excluding carboxylic acids is 2. The Labute approximate surface area is 312 Å². The van der Waals surface area contributed by atoms with Crippen molar-refractivity contribution in [3.05, 3.63) is 95.7 Å². The van der Waals surface area contributed by atoms with Crippen LogP contribution < -0.4 is 25.0 Å². The van der Waals surface area contributed by atoms with Crippen LogP contribution in [0.15, 0.2) is 73.2 Å². The summed E-state index contributed by atoms with van der Waals surface area (Å²) < 4.78 is 27.5. The number of rotatable bonds is 15. The summed E-state index contributed by atoms with van der Waals surface area (Å²) in [5, 5.41) is 6.38. The number of halogens is 1. The molecule has 0 aliphatic carbocycles. The molecule has 2 amide bonds. The van der Waals surface area contributed by atoms with E-state index in [1.54, 1.807) is 24.3 Å². The number of ether oxygens (including phenoxy) is 2. The molecule has 53 heavy (non-hydrogen) atoms. The highest BCUT2D eigenvalue weighted by Crippen LogP contribution is 2.38. The Bertz CT molecular complexity index is 1810. The Balaban J connectivity index is 1.43. The Kier molecular flexibility index (Phi) is 13.7. The molecule has 0 radical (unpaired) electrons. The molecule has 3 aromatic carbocycles. The van der Waals surface area contributed by atoms with E-state index in [4.69, 9.17) is 9.47 Å². The van der Waals surface area contributed by atoms with E-state index >= 15 is 4.39 Å². The molecule has 11 nitrogen and oxygen atoms in total. The van der Waals surface area contributed by atoms with Crippen molar-refractivity contribution in [2.45, 2.75) is 72.9 Å². The van der Waals surface area contributed by atoms with Crippen molar-refractivity contribution in [2.75, 3.05) is 49.5 Å². The molecular weight excluding hydrogens is 673 g/mol. The van der Waals surface area contributed by atoms with Gasteiger partial charge in [0.25, 0.3) is 0 Å². The molecule has 0 spiro atoms. The number of piperazine rings is 1. The van der Waals surface area contributed by atoms with Gasteiger partial charge in [-0.15, -0.1) is 0 Å². The van der Waals surface area contributed by atoms with Crippen LogP contribution in [0, 0.1) is 19.7 Å². The molecule has 1 aliphatic heterocycles. The first-order valence-electron chi connectivity index (χ1n) is 18.4. The van der Waals surface area contributed by atoms with Crippen LogP contribution in [-0.2, 0) is 11.2 Å². The summed E-state index contributed by atoms with van der Waals surface area (Å²) in [6.45, 7) is 17.2. The molecule has 1 fully saturated rings. The fourth-order valence-corrected chi connectivity index (χ4v) is 6.28. The van der Waals surface area contributed by atoms with Crippen LogP contribution in [0.5, 0.6) is 11.5 Å². The molecule has 1 unspecified atom stereocenters. The minimum Gasteiger partial charge on any atom is -0.489 e. The maximum atomic E-state index is 15.6. The third-order valence-electron chi connectivity index (χ3n) is 9.59. The maximum Gasteiger partial charge on any atom is 0.425 e. The second-order valence-corrected chi connectivity index (χ2v) is 13.8. The van der Waals surface area contributed by atoms with Gasteiger partial charge < -0.3 is 20.1 Å². The third-order valence-corrected chi connectivity index (χ3v) is 9.59. The van der Waals surface area contributed by atoms with Crippen molar-refractivity contribution >= 4 is 34.9 Å². The highest BCUT2D eigenvalue weighted by molar-refractivity contribution is 6.01. The van der Waals surface area contributed by atoms with Crippen molar-refractivity contribution in [3.8, 4) is 11.5 Å². The summed E-state index contributed by atoms with van der Waals surface area (Å²) >= 11 is 0. The van der Waals surface area contributed by atoms with E-state index in [1.807, 2.05) is 58.0 Å². The van der Waals surface area contributed by atoms with Gasteiger partial charge in [0, 0.05) is 69.2 Å². The van der Waals surface area contributed by atoms with Crippen LogP contribution in [0.4, 0.5) is 32.1 Å². The number of aryl methyl sites for hydroxylation is 3. The number of amides is 2. The van der Waals surface area contributed by atoms with Crippen molar-refractivity contribution in [1.29, 1.82) is 0 Å². The summed E-state index contributed by atoms with van der Waals surface area (Å²) in [4.78, 5) is 41.6. The molecule has 1 aliphatic rings. The Morgan fingerprint density at radius 1 is 0.981 bits per heavy atom. The van der Waals surface area contributed by atoms with E-state index in [1.165, 1.54) is 23.5 Å². The van der Waals surface area contributed by atoms with E-state index < -0.39 is 11.9 Å². The van der Waals surface area contributed by atoms with Crippen molar-refractivity contribution in [2.24, 2.45) is 0 Å². The second kappa shape index (κ2) is 18.6. The predicted octanol–water partition coefficient (Wildman–Crippen LogP) is 7.57. The fraction of sp³-hybridized carbons (Fsp3) is 0.415. The summed E-state index contributed by atoms with van der Waals surface area (Å²) in [6, 6.07) is 18.0. The average molecular weight is 726 g/mol. The van der Waals surface area contributed by atoms with E-state index in [-0.39, 0.29) is 29.9 Å². The van der Waals surface area contributed by atoms with Crippen LogP contribution in [-0.4, -0.2) is 83.2 Å². The number of hydrogen-bond acceptors (Lipinski definition) is 9. The van der Waals surface area contributed by atoms with E-state index in [0.29, 0.717) is 48.4 Å². The minimum absolute atomic E-state index is 0.0400. The molecule has 5 rings (SSSR count). The lowest BCUT2D eigenvalue weighted by Crippen LogP contribution is -2.49. The normalized spacial score (nSPS) is 14.1. The first-order chi connectivity index (χ1) is 25.5. The fourth-order valence-electron chi connectivity index (χ4n) is 6.28. The van der Waals surface area contributed by atoms with Gasteiger partial charge in [-0.1, -0.05) is 37.3 Å². The lowest BCUT2D eigenvalue weighted by atomic mass is 10.0. The number of hydrogen-bond donors (Lipinski definition) is 2.